The van der Waals surface area contributed by atoms with Crippen LogP contribution in [0.25, 0.3) is 5.57 Å². The number of tetrazole rings is 1. The molecule has 0 amide bonds. The minimum Gasteiger partial charge on any atom is -0.494 e. The van der Waals surface area contributed by atoms with Gasteiger partial charge >= 0.3 is 0 Å². The van der Waals surface area contributed by atoms with Crippen molar-refractivity contribution >= 4 is 5.57 Å². The average Bonchev–Trinajstić information content (AvgIpc) is 3.14. The zero-order chi connectivity index (χ0) is 15.9. The molecule has 0 unspecified atom stereocenters. The predicted octanol–water partition coefficient (Wildman–Crippen LogP) is 2.32. The molecule has 0 saturated carbocycles. The van der Waals surface area contributed by atoms with Crippen molar-refractivity contribution in [1.82, 2.24) is 25.5 Å². The normalized spacial score (nSPS) is 15.4. The highest BCUT2D eigenvalue weighted by Crippen LogP contribution is 2.17. The molecule has 2 heterocycles. The Morgan fingerprint density at radius 2 is 2.30 bits per heavy atom. The molecule has 0 atom stereocenters. The van der Waals surface area contributed by atoms with E-state index in [1.54, 1.807) is 0 Å². The van der Waals surface area contributed by atoms with Crippen LogP contribution in [-0.4, -0.2) is 51.8 Å². The first-order valence-electron chi connectivity index (χ1n) is 8.22. The molecule has 0 spiro atoms. The summed E-state index contributed by atoms with van der Waals surface area (Å²) in [6, 6.07) is 8.34. The Labute approximate surface area is 136 Å². The Kier molecular flexibility index (Phi) is 5.37. The van der Waals surface area contributed by atoms with E-state index < -0.39 is 0 Å². The highest BCUT2D eigenvalue weighted by atomic mass is 16.5. The van der Waals surface area contributed by atoms with Gasteiger partial charge in [0.2, 0.25) is 5.82 Å². The maximum absolute atomic E-state index is 5.86. The molecule has 6 heteroatoms. The molecule has 0 radical (unpaired) electrons. The minimum absolute atomic E-state index is 0.710. The van der Waals surface area contributed by atoms with Gasteiger partial charge in [-0.2, -0.15) is 5.21 Å². The van der Waals surface area contributed by atoms with Crippen LogP contribution in [0, 0.1) is 0 Å². The van der Waals surface area contributed by atoms with E-state index in [4.69, 9.17) is 4.74 Å². The Morgan fingerprint density at radius 1 is 1.35 bits per heavy atom. The van der Waals surface area contributed by atoms with E-state index in [1.807, 2.05) is 6.07 Å². The number of aromatic nitrogens is 4. The first kappa shape index (κ1) is 15.7. The van der Waals surface area contributed by atoms with Gasteiger partial charge in [-0.1, -0.05) is 25.1 Å². The summed E-state index contributed by atoms with van der Waals surface area (Å²) in [5.74, 6) is 1.68. The molecule has 3 rings (SSSR count). The van der Waals surface area contributed by atoms with Gasteiger partial charge in [0.25, 0.3) is 0 Å². The third-order valence-corrected chi connectivity index (χ3v) is 4.06. The van der Waals surface area contributed by atoms with E-state index in [0.29, 0.717) is 5.82 Å². The number of hydrogen-bond acceptors (Lipinski definition) is 5. The van der Waals surface area contributed by atoms with Gasteiger partial charge in [-0.25, -0.2) is 0 Å². The molecule has 23 heavy (non-hydrogen) atoms. The van der Waals surface area contributed by atoms with E-state index in [2.05, 4.69) is 56.7 Å². The third kappa shape index (κ3) is 4.39. The van der Waals surface area contributed by atoms with Gasteiger partial charge in [-0.3, -0.25) is 4.90 Å². The number of aryl methyl sites for hydroxylation is 1. The van der Waals surface area contributed by atoms with E-state index in [0.717, 1.165) is 56.8 Å². The minimum atomic E-state index is 0.710. The first-order valence-corrected chi connectivity index (χ1v) is 8.22. The number of nitrogens with zero attached hydrogens (tertiary/aromatic N) is 4. The summed E-state index contributed by atoms with van der Waals surface area (Å²) in [4.78, 5) is 2.41. The molecular formula is C17H23N5O. The Bertz CT molecular complexity index is 638. The quantitative estimate of drug-likeness (QED) is 0.795. The van der Waals surface area contributed by atoms with Gasteiger partial charge in [-0.15, -0.1) is 10.2 Å². The van der Waals surface area contributed by atoms with Crippen LogP contribution in [0.1, 0.15) is 31.2 Å². The summed E-state index contributed by atoms with van der Waals surface area (Å²) in [6.45, 7) is 5.87. The summed E-state index contributed by atoms with van der Waals surface area (Å²) in [5.41, 5.74) is 2.47. The van der Waals surface area contributed by atoms with Crippen molar-refractivity contribution in [2.45, 2.75) is 26.2 Å². The monoisotopic (exact) mass is 313 g/mol. The van der Waals surface area contributed by atoms with E-state index in [9.17, 15) is 0 Å². The molecule has 2 aromatic rings. The van der Waals surface area contributed by atoms with Crippen molar-refractivity contribution in [2.75, 3.05) is 26.2 Å². The number of H-pyrrole nitrogens is 1. The van der Waals surface area contributed by atoms with Gasteiger partial charge in [0.15, 0.2) is 0 Å². The van der Waals surface area contributed by atoms with E-state index in [-0.39, 0.29) is 0 Å². The third-order valence-electron chi connectivity index (χ3n) is 4.06. The molecule has 122 valence electrons. The number of rotatable bonds is 7. The smallest absolute Gasteiger partial charge is 0.201 e. The van der Waals surface area contributed by atoms with Gasteiger partial charge in [0, 0.05) is 25.2 Å². The fraction of sp³-hybridized carbons (Fsp3) is 0.471. The maximum atomic E-state index is 5.86. The zero-order valence-electron chi connectivity index (χ0n) is 13.5. The Morgan fingerprint density at radius 3 is 3.13 bits per heavy atom. The number of nitrogens with one attached hydrogen (secondary N) is 1. The molecule has 1 aromatic carbocycles. The summed E-state index contributed by atoms with van der Waals surface area (Å²) in [5, 5.41) is 14.3. The topological polar surface area (TPSA) is 66.9 Å². The van der Waals surface area contributed by atoms with Crippen molar-refractivity contribution in [3.63, 3.8) is 0 Å². The molecule has 1 aliphatic rings. The molecule has 1 N–H and O–H groups in total. The second-order valence-electron chi connectivity index (χ2n) is 5.73. The summed E-state index contributed by atoms with van der Waals surface area (Å²) in [6.07, 6.45) is 5.28. The molecule has 0 saturated heterocycles. The Hall–Kier alpha value is -2.21. The summed E-state index contributed by atoms with van der Waals surface area (Å²) in [7, 11) is 0. The zero-order valence-corrected chi connectivity index (χ0v) is 13.5. The van der Waals surface area contributed by atoms with Gasteiger partial charge < -0.3 is 4.74 Å². The van der Waals surface area contributed by atoms with Crippen molar-refractivity contribution in [3.05, 3.63) is 41.7 Å². The summed E-state index contributed by atoms with van der Waals surface area (Å²) >= 11 is 0. The highest BCUT2D eigenvalue weighted by molar-refractivity contribution is 5.61. The lowest BCUT2D eigenvalue weighted by molar-refractivity contribution is 0.249. The van der Waals surface area contributed by atoms with E-state index in [1.165, 1.54) is 5.56 Å². The van der Waals surface area contributed by atoms with Crippen LogP contribution in [-0.2, 0) is 6.42 Å². The number of aromatic amines is 1. The van der Waals surface area contributed by atoms with Crippen LogP contribution in [0.3, 0.4) is 0 Å². The maximum Gasteiger partial charge on any atom is 0.201 e. The van der Waals surface area contributed by atoms with Gasteiger partial charge in [0.1, 0.15) is 5.75 Å². The van der Waals surface area contributed by atoms with Crippen molar-refractivity contribution in [3.8, 4) is 5.75 Å². The van der Waals surface area contributed by atoms with Crippen LogP contribution < -0.4 is 4.74 Å². The fourth-order valence-electron chi connectivity index (χ4n) is 2.79. The van der Waals surface area contributed by atoms with Crippen LogP contribution in [0.5, 0.6) is 5.75 Å². The molecular weight excluding hydrogens is 290 g/mol. The SMILES string of the molecule is CCc1cccc(OCCCN2CCC=C(c3nn[nH]n3)C2)c1. The lowest BCUT2D eigenvalue weighted by Crippen LogP contribution is -2.31. The summed E-state index contributed by atoms with van der Waals surface area (Å²) < 4.78 is 5.86. The fourth-order valence-corrected chi connectivity index (χ4v) is 2.79. The van der Waals surface area contributed by atoms with Crippen LogP contribution in [0.4, 0.5) is 0 Å². The predicted molar refractivity (Wildman–Crippen MR) is 89.1 cm³/mol. The second kappa shape index (κ2) is 7.87. The number of ether oxygens (including phenoxy) is 1. The lowest BCUT2D eigenvalue weighted by Gasteiger charge is -2.25. The Balaban J connectivity index is 1.42. The molecule has 6 nitrogen and oxygen atoms in total. The van der Waals surface area contributed by atoms with Crippen LogP contribution in [0.15, 0.2) is 30.3 Å². The van der Waals surface area contributed by atoms with Gasteiger partial charge in [-0.05, 0) is 42.2 Å². The lowest BCUT2D eigenvalue weighted by atomic mass is 10.1. The molecule has 0 aliphatic carbocycles. The number of hydrogen-bond donors (Lipinski definition) is 1. The van der Waals surface area contributed by atoms with E-state index >= 15 is 0 Å². The largest absolute Gasteiger partial charge is 0.494 e. The number of benzene rings is 1. The van der Waals surface area contributed by atoms with Crippen LogP contribution >= 0.6 is 0 Å². The van der Waals surface area contributed by atoms with Crippen molar-refractivity contribution in [1.29, 1.82) is 0 Å². The van der Waals surface area contributed by atoms with Gasteiger partial charge in [0.05, 0.1) is 6.61 Å². The molecule has 0 bridgehead atoms. The van der Waals surface area contributed by atoms with Crippen molar-refractivity contribution < 1.29 is 4.74 Å². The first-order chi connectivity index (χ1) is 11.3. The average molecular weight is 313 g/mol. The van der Waals surface area contributed by atoms with Crippen LogP contribution in [0.2, 0.25) is 0 Å². The molecule has 1 aromatic heterocycles. The molecule has 0 fully saturated rings. The molecule has 1 aliphatic heterocycles. The standard InChI is InChI=1S/C17H23N5O/c1-2-14-6-3-8-16(12-14)23-11-5-10-22-9-4-7-15(13-22)17-18-20-21-19-17/h3,6-8,12H,2,4-5,9-11,13H2,1H3,(H,18,19,20,21). The van der Waals surface area contributed by atoms with Crippen molar-refractivity contribution in [2.24, 2.45) is 0 Å². The highest BCUT2D eigenvalue weighted by Gasteiger charge is 2.16. The second-order valence-corrected chi connectivity index (χ2v) is 5.73.